The SMILES string of the molecule is Cc1ccc(NC(=O)CSCC(=O)N(C)C2CCCCCCC2)cc1. The Morgan fingerprint density at radius 2 is 1.64 bits per heavy atom. The molecule has 1 saturated carbocycles. The highest BCUT2D eigenvalue weighted by Gasteiger charge is 2.20. The molecular formula is C20H30N2O2S. The number of benzene rings is 1. The molecule has 0 aromatic heterocycles. The molecule has 0 atom stereocenters. The molecule has 2 amide bonds. The Bertz CT molecular complexity index is 551. The first kappa shape index (κ1) is 19.8. The number of nitrogens with one attached hydrogen (secondary N) is 1. The largest absolute Gasteiger partial charge is 0.342 e. The van der Waals surface area contributed by atoms with Crippen LogP contribution in [0.5, 0.6) is 0 Å². The highest BCUT2D eigenvalue weighted by molar-refractivity contribution is 8.00. The van der Waals surface area contributed by atoms with Gasteiger partial charge in [-0.2, -0.15) is 0 Å². The van der Waals surface area contributed by atoms with Crippen molar-refractivity contribution in [1.82, 2.24) is 4.90 Å². The van der Waals surface area contributed by atoms with Gasteiger partial charge in [-0.3, -0.25) is 9.59 Å². The van der Waals surface area contributed by atoms with Crippen LogP contribution in [0.3, 0.4) is 0 Å². The van der Waals surface area contributed by atoms with Gasteiger partial charge < -0.3 is 10.2 Å². The normalized spacial score (nSPS) is 15.9. The van der Waals surface area contributed by atoms with Crippen molar-refractivity contribution >= 4 is 29.3 Å². The molecule has 1 N–H and O–H groups in total. The fourth-order valence-electron chi connectivity index (χ4n) is 3.19. The third-order valence-electron chi connectivity index (χ3n) is 4.81. The predicted molar refractivity (Wildman–Crippen MR) is 106 cm³/mol. The van der Waals surface area contributed by atoms with E-state index in [1.807, 2.05) is 43.1 Å². The van der Waals surface area contributed by atoms with E-state index in [1.54, 1.807) is 0 Å². The van der Waals surface area contributed by atoms with Gasteiger partial charge in [0.1, 0.15) is 0 Å². The Kier molecular flexibility index (Phi) is 8.32. The zero-order valence-corrected chi connectivity index (χ0v) is 16.2. The number of thioether (sulfide) groups is 1. The van der Waals surface area contributed by atoms with E-state index in [2.05, 4.69) is 5.32 Å². The number of nitrogens with zero attached hydrogens (tertiary/aromatic N) is 1. The van der Waals surface area contributed by atoms with Crippen molar-refractivity contribution < 1.29 is 9.59 Å². The Hall–Kier alpha value is -1.49. The van der Waals surface area contributed by atoms with Gasteiger partial charge in [0.05, 0.1) is 11.5 Å². The molecule has 1 fully saturated rings. The highest BCUT2D eigenvalue weighted by Crippen LogP contribution is 2.21. The number of hydrogen-bond donors (Lipinski definition) is 1. The maximum absolute atomic E-state index is 12.4. The van der Waals surface area contributed by atoms with E-state index >= 15 is 0 Å². The molecule has 0 radical (unpaired) electrons. The van der Waals surface area contributed by atoms with E-state index in [9.17, 15) is 9.59 Å². The minimum atomic E-state index is -0.0599. The Morgan fingerprint density at radius 3 is 2.28 bits per heavy atom. The Labute approximate surface area is 155 Å². The summed E-state index contributed by atoms with van der Waals surface area (Å²) in [6.07, 6.45) is 8.56. The lowest BCUT2D eigenvalue weighted by Crippen LogP contribution is -2.38. The van der Waals surface area contributed by atoms with E-state index in [4.69, 9.17) is 0 Å². The summed E-state index contributed by atoms with van der Waals surface area (Å²) in [6, 6.07) is 8.10. The van der Waals surface area contributed by atoms with Gasteiger partial charge in [0, 0.05) is 18.8 Å². The zero-order chi connectivity index (χ0) is 18.1. The van der Waals surface area contributed by atoms with Crippen LogP contribution in [-0.2, 0) is 9.59 Å². The molecule has 25 heavy (non-hydrogen) atoms. The third-order valence-corrected chi connectivity index (χ3v) is 5.73. The monoisotopic (exact) mass is 362 g/mol. The van der Waals surface area contributed by atoms with Crippen molar-refractivity contribution in [3.8, 4) is 0 Å². The van der Waals surface area contributed by atoms with Gasteiger partial charge in [0.15, 0.2) is 0 Å². The van der Waals surface area contributed by atoms with Crippen molar-refractivity contribution in [2.45, 2.75) is 57.9 Å². The van der Waals surface area contributed by atoms with Crippen molar-refractivity contribution in [2.75, 3.05) is 23.9 Å². The van der Waals surface area contributed by atoms with Gasteiger partial charge in [0.2, 0.25) is 11.8 Å². The van der Waals surface area contributed by atoms with E-state index < -0.39 is 0 Å². The van der Waals surface area contributed by atoms with Crippen LogP contribution in [0.4, 0.5) is 5.69 Å². The molecule has 0 spiro atoms. The maximum Gasteiger partial charge on any atom is 0.234 e. The molecule has 0 unspecified atom stereocenters. The molecule has 5 heteroatoms. The molecule has 1 aliphatic carbocycles. The molecule has 4 nitrogen and oxygen atoms in total. The number of aryl methyl sites for hydroxylation is 1. The van der Waals surface area contributed by atoms with Crippen LogP contribution < -0.4 is 5.32 Å². The van der Waals surface area contributed by atoms with Gasteiger partial charge in [-0.15, -0.1) is 11.8 Å². The van der Waals surface area contributed by atoms with Gasteiger partial charge in [-0.05, 0) is 31.9 Å². The number of rotatable bonds is 6. The lowest BCUT2D eigenvalue weighted by molar-refractivity contribution is -0.129. The molecule has 0 aliphatic heterocycles. The first-order valence-electron chi connectivity index (χ1n) is 9.26. The third kappa shape index (κ3) is 7.10. The summed E-state index contributed by atoms with van der Waals surface area (Å²) in [5, 5.41) is 2.87. The molecule has 0 saturated heterocycles. The average Bonchev–Trinajstić information content (AvgIpc) is 2.56. The van der Waals surface area contributed by atoms with E-state index in [1.165, 1.54) is 43.9 Å². The molecule has 1 aromatic carbocycles. The number of carbonyl (C=O) groups is 2. The number of amides is 2. The maximum atomic E-state index is 12.4. The lowest BCUT2D eigenvalue weighted by atomic mass is 9.96. The Balaban J connectivity index is 1.69. The smallest absolute Gasteiger partial charge is 0.234 e. The van der Waals surface area contributed by atoms with Gasteiger partial charge >= 0.3 is 0 Å². The van der Waals surface area contributed by atoms with Crippen LogP contribution >= 0.6 is 11.8 Å². The topological polar surface area (TPSA) is 49.4 Å². The van der Waals surface area contributed by atoms with Crippen LogP contribution in [0.1, 0.15) is 50.5 Å². The van der Waals surface area contributed by atoms with Crippen molar-refractivity contribution in [1.29, 1.82) is 0 Å². The Morgan fingerprint density at radius 1 is 1.04 bits per heavy atom. The predicted octanol–water partition coefficient (Wildman–Crippen LogP) is 4.24. The zero-order valence-electron chi connectivity index (χ0n) is 15.4. The highest BCUT2D eigenvalue weighted by atomic mass is 32.2. The van der Waals surface area contributed by atoms with Crippen LogP contribution in [0.15, 0.2) is 24.3 Å². The summed E-state index contributed by atoms with van der Waals surface area (Å²) in [5.41, 5.74) is 1.96. The second kappa shape index (κ2) is 10.5. The summed E-state index contributed by atoms with van der Waals surface area (Å²) < 4.78 is 0. The fraction of sp³-hybridized carbons (Fsp3) is 0.600. The fourth-order valence-corrected chi connectivity index (χ4v) is 3.93. The van der Waals surface area contributed by atoms with Crippen LogP contribution in [0.25, 0.3) is 0 Å². The standard InChI is InChI=1S/C20H30N2O2S/c1-16-10-12-17(13-11-16)21-19(23)14-25-15-20(24)22(2)18-8-6-4-3-5-7-9-18/h10-13,18H,3-9,14-15H2,1-2H3,(H,21,23). The second-order valence-electron chi connectivity index (χ2n) is 6.91. The minimum Gasteiger partial charge on any atom is -0.342 e. The van der Waals surface area contributed by atoms with Gasteiger partial charge in [-0.1, -0.05) is 49.8 Å². The van der Waals surface area contributed by atoms with Gasteiger partial charge in [-0.25, -0.2) is 0 Å². The van der Waals surface area contributed by atoms with Crippen LogP contribution in [-0.4, -0.2) is 41.3 Å². The van der Waals surface area contributed by atoms with E-state index in [0.29, 0.717) is 17.5 Å². The molecule has 1 aromatic rings. The van der Waals surface area contributed by atoms with Crippen molar-refractivity contribution in [3.05, 3.63) is 29.8 Å². The number of carbonyl (C=O) groups excluding carboxylic acids is 2. The summed E-state index contributed by atoms with van der Waals surface area (Å²) in [6.45, 7) is 2.01. The second-order valence-corrected chi connectivity index (χ2v) is 7.90. The summed E-state index contributed by atoms with van der Waals surface area (Å²) in [4.78, 5) is 26.3. The molecular weight excluding hydrogens is 332 g/mol. The first-order chi connectivity index (χ1) is 12.1. The van der Waals surface area contributed by atoms with Crippen LogP contribution in [0, 0.1) is 6.92 Å². The summed E-state index contributed by atoms with van der Waals surface area (Å²) >= 11 is 1.39. The molecule has 0 bridgehead atoms. The van der Waals surface area contributed by atoms with E-state index in [-0.39, 0.29) is 11.8 Å². The molecule has 138 valence electrons. The summed E-state index contributed by atoms with van der Waals surface area (Å²) in [7, 11) is 1.92. The molecule has 1 aliphatic rings. The molecule has 2 rings (SSSR count). The quantitative estimate of drug-likeness (QED) is 0.823. The summed E-state index contributed by atoms with van der Waals surface area (Å²) in [5.74, 6) is 0.751. The average molecular weight is 363 g/mol. The van der Waals surface area contributed by atoms with E-state index in [0.717, 1.165) is 24.1 Å². The van der Waals surface area contributed by atoms with Gasteiger partial charge in [0.25, 0.3) is 0 Å². The number of anilines is 1. The number of hydrogen-bond acceptors (Lipinski definition) is 3. The minimum absolute atomic E-state index is 0.0599. The lowest BCUT2D eigenvalue weighted by Gasteiger charge is -2.29. The van der Waals surface area contributed by atoms with Crippen molar-refractivity contribution in [3.63, 3.8) is 0 Å². The molecule has 0 heterocycles. The van der Waals surface area contributed by atoms with Crippen molar-refractivity contribution in [2.24, 2.45) is 0 Å². The van der Waals surface area contributed by atoms with Crippen LogP contribution in [0.2, 0.25) is 0 Å². The first-order valence-corrected chi connectivity index (χ1v) is 10.4.